The fraction of sp³-hybridized carbons (Fsp3) is 0.765. The lowest BCUT2D eigenvalue weighted by Crippen LogP contribution is -2.44. The Hall–Kier alpha value is -1.36. The molecule has 1 saturated heterocycles. The molecule has 1 N–H and O–H groups in total. The highest BCUT2D eigenvalue weighted by atomic mass is 16.5. The van der Waals surface area contributed by atoms with Crippen molar-refractivity contribution in [3.8, 4) is 0 Å². The van der Waals surface area contributed by atoms with Gasteiger partial charge in [-0.3, -0.25) is 15.0 Å². The highest BCUT2D eigenvalue weighted by Crippen LogP contribution is 2.31. The third-order valence-electron chi connectivity index (χ3n) is 4.92. The van der Waals surface area contributed by atoms with Gasteiger partial charge in [0.05, 0.1) is 11.7 Å². The molecule has 1 aromatic heterocycles. The summed E-state index contributed by atoms with van der Waals surface area (Å²) in [5.74, 6) is 0.522. The van der Waals surface area contributed by atoms with Crippen LogP contribution in [0.25, 0.3) is 0 Å². The normalized spacial score (nSPS) is 24.0. The molecule has 0 aromatic carbocycles. The number of aromatic nitrogens is 1. The highest BCUT2D eigenvalue weighted by molar-refractivity contribution is 5.94. The van der Waals surface area contributed by atoms with Crippen LogP contribution in [0.2, 0.25) is 0 Å². The predicted octanol–water partition coefficient (Wildman–Crippen LogP) is 3.32. The number of nitrogens with one attached hydrogen (secondary N) is 1. The minimum absolute atomic E-state index is 0.00807. The van der Waals surface area contributed by atoms with E-state index in [2.05, 4.69) is 36.1 Å². The molecule has 1 unspecified atom stereocenters. The summed E-state index contributed by atoms with van der Waals surface area (Å²) < 4.78 is 5.28. The van der Waals surface area contributed by atoms with E-state index in [9.17, 15) is 4.79 Å². The van der Waals surface area contributed by atoms with Gasteiger partial charge in [0.25, 0.3) is 0 Å². The van der Waals surface area contributed by atoms with Crippen molar-refractivity contribution in [1.29, 1.82) is 0 Å². The first-order valence-corrected chi connectivity index (χ1v) is 8.49. The number of hydrogen-bond acceptors (Lipinski definition) is 4. The first-order valence-electron chi connectivity index (χ1n) is 8.49. The molecule has 22 heavy (non-hydrogen) atoms. The van der Waals surface area contributed by atoms with Crippen molar-refractivity contribution >= 4 is 11.8 Å². The Morgan fingerprint density at radius 1 is 1.27 bits per heavy atom. The van der Waals surface area contributed by atoms with Crippen molar-refractivity contribution in [2.24, 2.45) is 0 Å². The molecule has 5 nitrogen and oxygen atoms in total. The van der Waals surface area contributed by atoms with Crippen LogP contribution < -0.4 is 5.32 Å². The summed E-state index contributed by atoms with van der Waals surface area (Å²) in [5, 5.41) is 6.98. The lowest BCUT2D eigenvalue weighted by molar-refractivity contribution is -0.121. The Kier molecular flexibility index (Phi) is 4.26. The maximum absolute atomic E-state index is 12.6. The van der Waals surface area contributed by atoms with Crippen molar-refractivity contribution in [2.45, 2.75) is 76.8 Å². The van der Waals surface area contributed by atoms with Gasteiger partial charge in [0.1, 0.15) is 0 Å². The molecule has 1 aliphatic carbocycles. The van der Waals surface area contributed by atoms with Crippen molar-refractivity contribution in [2.75, 3.05) is 11.9 Å². The van der Waals surface area contributed by atoms with Crippen molar-refractivity contribution in [1.82, 2.24) is 10.1 Å². The maximum atomic E-state index is 12.6. The van der Waals surface area contributed by atoms with Gasteiger partial charge in [-0.25, -0.2) is 0 Å². The number of carbonyl (C=O) groups is 1. The molecule has 0 bridgehead atoms. The summed E-state index contributed by atoms with van der Waals surface area (Å²) in [6, 6.07) is 2.43. The van der Waals surface area contributed by atoms with Gasteiger partial charge in [0.2, 0.25) is 11.8 Å². The topological polar surface area (TPSA) is 58.4 Å². The number of likely N-dealkylation sites (tertiary alicyclic amines) is 1. The van der Waals surface area contributed by atoms with E-state index in [4.69, 9.17) is 4.52 Å². The first-order chi connectivity index (χ1) is 10.4. The Morgan fingerprint density at radius 3 is 2.64 bits per heavy atom. The van der Waals surface area contributed by atoms with Crippen LogP contribution in [0.3, 0.4) is 0 Å². The van der Waals surface area contributed by atoms with E-state index in [1.54, 1.807) is 0 Å². The smallest absolute Gasteiger partial charge is 0.244 e. The Bertz CT molecular complexity index is 526. The van der Waals surface area contributed by atoms with Gasteiger partial charge in [-0.2, -0.15) is 0 Å². The molecule has 122 valence electrons. The van der Waals surface area contributed by atoms with E-state index in [1.807, 2.05) is 6.07 Å². The third kappa shape index (κ3) is 3.19. The molecule has 1 atom stereocenters. The van der Waals surface area contributed by atoms with Crippen LogP contribution in [-0.2, 0) is 10.2 Å². The van der Waals surface area contributed by atoms with E-state index in [0.717, 1.165) is 25.1 Å². The van der Waals surface area contributed by atoms with Gasteiger partial charge in [-0.15, -0.1) is 0 Å². The quantitative estimate of drug-likeness (QED) is 0.930. The number of carbonyl (C=O) groups excluding carboxylic acids is 1. The number of nitrogens with zero attached hydrogens (tertiary/aromatic N) is 2. The van der Waals surface area contributed by atoms with Gasteiger partial charge in [0.15, 0.2) is 0 Å². The number of amides is 1. The van der Waals surface area contributed by atoms with Gasteiger partial charge < -0.3 is 4.52 Å². The third-order valence-corrected chi connectivity index (χ3v) is 4.92. The number of hydrogen-bond donors (Lipinski definition) is 1. The molecular weight excluding hydrogens is 278 g/mol. The second kappa shape index (κ2) is 6.03. The molecular formula is C17H27N3O2. The zero-order valence-corrected chi connectivity index (χ0v) is 13.9. The van der Waals surface area contributed by atoms with Crippen LogP contribution >= 0.6 is 0 Å². The largest absolute Gasteiger partial charge is 0.338 e. The van der Waals surface area contributed by atoms with E-state index in [1.165, 1.54) is 25.7 Å². The lowest BCUT2D eigenvalue weighted by atomic mass is 9.92. The molecule has 0 spiro atoms. The van der Waals surface area contributed by atoms with Gasteiger partial charge in [-0.05, 0) is 32.2 Å². The summed E-state index contributed by atoms with van der Waals surface area (Å²) in [6.07, 6.45) is 7.13. The fourth-order valence-corrected chi connectivity index (χ4v) is 3.64. The Labute approximate surface area is 132 Å². The predicted molar refractivity (Wildman–Crippen MR) is 85.8 cm³/mol. The summed E-state index contributed by atoms with van der Waals surface area (Å²) in [4.78, 5) is 15.0. The van der Waals surface area contributed by atoms with E-state index in [-0.39, 0.29) is 17.4 Å². The average Bonchev–Trinajstić information content (AvgIpc) is 3.18. The van der Waals surface area contributed by atoms with Crippen LogP contribution in [0, 0.1) is 0 Å². The van der Waals surface area contributed by atoms with Crippen molar-refractivity contribution in [3.05, 3.63) is 11.8 Å². The Balaban J connectivity index is 1.64. The monoisotopic (exact) mass is 305 g/mol. The van der Waals surface area contributed by atoms with E-state index >= 15 is 0 Å². The zero-order valence-electron chi connectivity index (χ0n) is 13.9. The molecule has 2 fully saturated rings. The number of rotatable bonds is 3. The molecule has 1 amide bonds. The molecule has 2 aliphatic rings. The van der Waals surface area contributed by atoms with Crippen LogP contribution in [-0.4, -0.2) is 34.6 Å². The zero-order chi connectivity index (χ0) is 15.7. The van der Waals surface area contributed by atoms with E-state index < -0.39 is 0 Å². The van der Waals surface area contributed by atoms with Crippen LogP contribution in [0.4, 0.5) is 5.88 Å². The SMILES string of the molecule is CC(C)(C)c1cc(NC(=O)C2CCCN2C2CCCC2)on1. The molecule has 1 aromatic rings. The molecule has 1 saturated carbocycles. The summed E-state index contributed by atoms with van der Waals surface area (Å²) in [7, 11) is 0. The van der Waals surface area contributed by atoms with E-state index in [0.29, 0.717) is 11.9 Å². The van der Waals surface area contributed by atoms with Crippen LogP contribution in [0.1, 0.15) is 65.0 Å². The molecule has 2 heterocycles. The number of anilines is 1. The molecule has 1 aliphatic heterocycles. The highest BCUT2D eigenvalue weighted by Gasteiger charge is 2.36. The Morgan fingerprint density at radius 2 is 2.00 bits per heavy atom. The van der Waals surface area contributed by atoms with Crippen LogP contribution in [0.15, 0.2) is 10.6 Å². The van der Waals surface area contributed by atoms with Crippen molar-refractivity contribution in [3.63, 3.8) is 0 Å². The van der Waals surface area contributed by atoms with Crippen LogP contribution in [0.5, 0.6) is 0 Å². The van der Waals surface area contributed by atoms with Crippen molar-refractivity contribution < 1.29 is 9.32 Å². The molecule has 0 radical (unpaired) electrons. The summed E-state index contributed by atoms with van der Waals surface area (Å²) >= 11 is 0. The minimum atomic E-state index is -0.0737. The minimum Gasteiger partial charge on any atom is -0.338 e. The molecule has 5 heteroatoms. The maximum Gasteiger partial charge on any atom is 0.244 e. The lowest BCUT2D eigenvalue weighted by Gasteiger charge is -2.29. The average molecular weight is 305 g/mol. The van der Waals surface area contributed by atoms with Gasteiger partial charge in [-0.1, -0.05) is 38.8 Å². The standard InChI is InChI=1S/C17H27N3O2/c1-17(2,3)14-11-15(22-19-14)18-16(21)13-9-6-10-20(13)12-7-4-5-8-12/h11-13H,4-10H2,1-3H3,(H,18,21). The first kappa shape index (κ1) is 15.5. The second-order valence-corrected chi connectivity index (χ2v) is 7.65. The second-order valence-electron chi connectivity index (χ2n) is 7.65. The van der Waals surface area contributed by atoms with Gasteiger partial charge in [0, 0.05) is 17.5 Å². The fourth-order valence-electron chi connectivity index (χ4n) is 3.64. The molecule has 3 rings (SSSR count). The van der Waals surface area contributed by atoms with Gasteiger partial charge >= 0.3 is 0 Å². The summed E-state index contributed by atoms with van der Waals surface area (Å²) in [6.45, 7) is 7.28. The summed E-state index contributed by atoms with van der Waals surface area (Å²) in [5.41, 5.74) is 0.789.